The third kappa shape index (κ3) is 2.70. The lowest BCUT2D eigenvalue weighted by Gasteiger charge is -2.25. The number of halogens is 3. The molecule has 0 amide bonds. The van der Waals surface area contributed by atoms with Crippen LogP contribution in [-0.2, 0) is 22.2 Å². The molecule has 0 saturated heterocycles. The van der Waals surface area contributed by atoms with Crippen molar-refractivity contribution in [2.45, 2.75) is 30.6 Å². The van der Waals surface area contributed by atoms with Gasteiger partial charge in [0.15, 0.2) is 9.84 Å². The van der Waals surface area contributed by atoms with E-state index in [1.807, 2.05) is 6.92 Å². The standard InChI is InChI=1S/C19H16F3NO2S/c1-11-14(15-10-13(20)3-4-17(15)23-11)8-12-2-5-18-16(9-12)19(21,22)6-7-26(18,24)25/h2-5,9-10,23H,6-8H2,1H3. The summed E-state index contributed by atoms with van der Waals surface area (Å²) in [6.07, 6.45) is -0.401. The first kappa shape index (κ1) is 17.1. The van der Waals surface area contributed by atoms with Gasteiger partial charge in [-0.25, -0.2) is 21.6 Å². The topological polar surface area (TPSA) is 49.9 Å². The highest BCUT2D eigenvalue weighted by molar-refractivity contribution is 7.91. The molecule has 0 unspecified atom stereocenters. The molecule has 4 rings (SSSR count). The van der Waals surface area contributed by atoms with Gasteiger partial charge in [0.2, 0.25) is 0 Å². The van der Waals surface area contributed by atoms with Crippen LogP contribution in [0.1, 0.15) is 28.8 Å². The quantitative estimate of drug-likeness (QED) is 0.714. The number of hydrogen-bond donors (Lipinski definition) is 1. The van der Waals surface area contributed by atoms with E-state index in [2.05, 4.69) is 4.98 Å². The van der Waals surface area contributed by atoms with Crippen LogP contribution >= 0.6 is 0 Å². The highest BCUT2D eigenvalue weighted by atomic mass is 32.2. The summed E-state index contributed by atoms with van der Waals surface area (Å²) >= 11 is 0. The van der Waals surface area contributed by atoms with Gasteiger partial charge >= 0.3 is 0 Å². The van der Waals surface area contributed by atoms with Gasteiger partial charge in [0.25, 0.3) is 5.92 Å². The first-order chi connectivity index (χ1) is 12.2. The highest BCUT2D eigenvalue weighted by Crippen LogP contribution is 2.42. The molecule has 0 radical (unpaired) electrons. The molecule has 2 aromatic carbocycles. The first-order valence-electron chi connectivity index (χ1n) is 8.18. The molecule has 3 nitrogen and oxygen atoms in total. The molecule has 1 aliphatic heterocycles. The summed E-state index contributed by atoms with van der Waals surface area (Å²) < 4.78 is 66.3. The summed E-state index contributed by atoms with van der Waals surface area (Å²) in [5.74, 6) is -4.09. The summed E-state index contributed by atoms with van der Waals surface area (Å²) in [6.45, 7) is 1.84. The van der Waals surface area contributed by atoms with Crippen LogP contribution < -0.4 is 0 Å². The number of nitrogens with one attached hydrogen (secondary N) is 1. The van der Waals surface area contributed by atoms with Crippen molar-refractivity contribution in [3.63, 3.8) is 0 Å². The molecule has 0 saturated carbocycles. The molecule has 1 aliphatic rings. The summed E-state index contributed by atoms with van der Waals surface area (Å²) in [7, 11) is -3.68. The van der Waals surface area contributed by atoms with Crippen molar-refractivity contribution >= 4 is 20.7 Å². The van der Waals surface area contributed by atoms with Crippen molar-refractivity contribution < 1.29 is 21.6 Å². The zero-order chi connectivity index (χ0) is 18.7. The number of hydrogen-bond acceptors (Lipinski definition) is 2. The fourth-order valence-corrected chi connectivity index (χ4v) is 5.10. The van der Waals surface area contributed by atoms with Gasteiger partial charge in [0.05, 0.1) is 10.6 Å². The number of alkyl halides is 2. The number of aromatic nitrogens is 1. The van der Waals surface area contributed by atoms with Gasteiger partial charge in [0, 0.05) is 28.6 Å². The number of benzene rings is 2. The molecule has 7 heteroatoms. The van der Waals surface area contributed by atoms with Crippen LogP contribution in [0.4, 0.5) is 13.2 Å². The fraction of sp³-hybridized carbons (Fsp3) is 0.263. The van der Waals surface area contributed by atoms with E-state index in [-0.39, 0.29) is 10.7 Å². The first-order valence-corrected chi connectivity index (χ1v) is 9.83. The van der Waals surface area contributed by atoms with Crippen molar-refractivity contribution in [2.24, 2.45) is 0 Å². The number of aromatic amines is 1. The van der Waals surface area contributed by atoms with Crippen molar-refractivity contribution in [1.82, 2.24) is 4.98 Å². The second-order valence-electron chi connectivity index (χ2n) is 6.70. The molecule has 0 atom stereocenters. The smallest absolute Gasteiger partial charge is 0.275 e. The van der Waals surface area contributed by atoms with Crippen LogP contribution in [0.25, 0.3) is 10.9 Å². The van der Waals surface area contributed by atoms with Crippen molar-refractivity contribution in [3.05, 3.63) is 64.6 Å². The Morgan fingerprint density at radius 1 is 1.15 bits per heavy atom. The summed E-state index contributed by atoms with van der Waals surface area (Å²) in [6, 6.07) is 8.48. The number of rotatable bonds is 2. The molecule has 0 fully saturated rings. The minimum absolute atomic E-state index is 0.292. The van der Waals surface area contributed by atoms with Gasteiger partial charge in [-0.05, 0) is 54.8 Å². The van der Waals surface area contributed by atoms with Gasteiger partial charge in [0.1, 0.15) is 5.82 Å². The van der Waals surface area contributed by atoms with E-state index in [9.17, 15) is 21.6 Å². The van der Waals surface area contributed by atoms with Crippen LogP contribution in [0.2, 0.25) is 0 Å². The largest absolute Gasteiger partial charge is 0.358 e. The minimum Gasteiger partial charge on any atom is -0.358 e. The van der Waals surface area contributed by atoms with E-state index in [0.717, 1.165) is 16.8 Å². The van der Waals surface area contributed by atoms with Crippen LogP contribution in [0.3, 0.4) is 0 Å². The highest BCUT2D eigenvalue weighted by Gasteiger charge is 2.42. The van der Waals surface area contributed by atoms with Crippen LogP contribution in [0.15, 0.2) is 41.3 Å². The third-order valence-corrected chi connectivity index (χ3v) is 6.69. The lowest BCUT2D eigenvalue weighted by atomic mass is 9.97. The Bertz CT molecular complexity index is 1130. The number of fused-ring (bicyclic) bond motifs is 2. The Labute approximate surface area is 148 Å². The minimum atomic E-state index is -3.68. The van der Waals surface area contributed by atoms with Crippen molar-refractivity contribution in [3.8, 4) is 0 Å². The van der Waals surface area contributed by atoms with E-state index in [1.54, 1.807) is 12.1 Å². The molecule has 0 bridgehead atoms. The second kappa shape index (κ2) is 5.61. The Kier molecular flexibility index (Phi) is 3.70. The average Bonchev–Trinajstić information content (AvgIpc) is 2.87. The molecule has 0 spiro atoms. The Balaban J connectivity index is 1.82. The van der Waals surface area contributed by atoms with E-state index in [4.69, 9.17) is 0 Å². The van der Waals surface area contributed by atoms with Gasteiger partial charge in [-0.2, -0.15) is 0 Å². The van der Waals surface area contributed by atoms with Crippen molar-refractivity contribution in [1.29, 1.82) is 0 Å². The summed E-state index contributed by atoms with van der Waals surface area (Å²) in [5.41, 5.74) is 2.52. The number of sulfone groups is 1. The fourth-order valence-electron chi connectivity index (χ4n) is 3.54. The average molecular weight is 379 g/mol. The normalized spacial score (nSPS) is 18.0. The Morgan fingerprint density at radius 2 is 1.92 bits per heavy atom. The molecular formula is C19H16F3NO2S. The molecule has 2 heterocycles. The van der Waals surface area contributed by atoms with E-state index in [0.29, 0.717) is 17.4 Å². The maximum absolute atomic E-state index is 14.3. The van der Waals surface area contributed by atoms with Crippen LogP contribution in [0, 0.1) is 12.7 Å². The summed E-state index contributed by atoms with van der Waals surface area (Å²) in [4.78, 5) is 2.86. The maximum atomic E-state index is 14.3. The van der Waals surface area contributed by atoms with E-state index < -0.39 is 33.5 Å². The number of H-pyrrole nitrogens is 1. The lowest BCUT2D eigenvalue weighted by Crippen LogP contribution is -2.28. The molecule has 1 N–H and O–H groups in total. The van der Waals surface area contributed by atoms with E-state index >= 15 is 0 Å². The van der Waals surface area contributed by atoms with Gasteiger partial charge in [-0.3, -0.25) is 0 Å². The van der Waals surface area contributed by atoms with Gasteiger partial charge in [-0.1, -0.05) is 6.07 Å². The molecule has 3 aromatic rings. The zero-order valence-electron chi connectivity index (χ0n) is 13.9. The molecule has 1 aromatic heterocycles. The predicted octanol–water partition coefficient (Wildman–Crippen LogP) is 4.48. The molecule has 0 aliphatic carbocycles. The zero-order valence-corrected chi connectivity index (χ0v) is 14.8. The Hall–Kier alpha value is -2.28. The summed E-state index contributed by atoms with van der Waals surface area (Å²) in [5, 5.41) is 0.694. The SMILES string of the molecule is Cc1[nH]c2ccc(F)cc2c1Cc1ccc2c(c1)C(F)(F)CCS2(=O)=O. The predicted molar refractivity (Wildman–Crippen MR) is 92.8 cm³/mol. The maximum Gasteiger partial charge on any atom is 0.275 e. The van der Waals surface area contributed by atoms with Gasteiger partial charge < -0.3 is 4.98 Å². The van der Waals surface area contributed by atoms with Crippen LogP contribution in [-0.4, -0.2) is 19.2 Å². The van der Waals surface area contributed by atoms with E-state index in [1.165, 1.54) is 24.3 Å². The van der Waals surface area contributed by atoms with Crippen molar-refractivity contribution in [2.75, 3.05) is 5.75 Å². The molecular weight excluding hydrogens is 363 g/mol. The van der Waals surface area contributed by atoms with Gasteiger partial charge in [-0.15, -0.1) is 0 Å². The monoisotopic (exact) mass is 379 g/mol. The second-order valence-corrected chi connectivity index (χ2v) is 8.78. The number of aryl methyl sites for hydroxylation is 1. The lowest BCUT2D eigenvalue weighted by molar-refractivity contribution is -0.0127. The Morgan fingerprint density at radius 3 is 2.69 bits per heavy atom. The third-order valence-electron chi connectivity index (χ3n) is 4.92. The van der Waals surface area contributed by atoms with Crippen LogP contribution in [0.5, 0.6) is 0 Å². The molecule has 26 heavy (non-hydrogen) atoms. The molecule has 136 valence electrons.